The van der Waals surface area contributed by atoms with Crippen LogP contribution in [-0.4, -0.2) is 20.5 Å². The number of halogens is 1. The van der Waals surface area contributed by atoms with Gasteiger partial charge in [-0.25, -0.2) is 4.39 Å². The fraction of sp³-hybridized carbons (Fsp3) is 0.222. The molecule has 2 aromatic rings. The van der Waals surface area contributed by atoms with Gasteiger partial charge < -0.3 is 9.47 Å². The van der Waals surface area contributed by atoms with Crippen molar-refractivity contribution in [3.63, 3.8) is 0 Å². The third-order valence-electron chi connectivity index (χ3n) is 3.87. The zero-order chi connectivity index (χ0) is 14.8. The van der Waals surface area contributed by atoms with Crippen molar-refractivity contribution in [3.8, 4) is 0 Å². The Morgan fingerprint density at radius 1 is 1.00 bits per heavy atom. The highest BCUT2D eigenvalue weighted by molar-refractivity contribution is 5.91. The van der Waals surface area contributed by atoms with Crippen molar-refractivity contribution in [1.82, 2.24) is 0 Å². The Hall–Kier alpha value is -1.97. The highest BCUT2D eigenvalue weighted by Crippen LogP contribution is 2.44. The van der Waals surface area contributed by atoms with Crippen LogP contribution < -0.4 is 0 Å². The minimum absolute atomic E-state index is 0.131. The van der Waals surface area contributed by atoms with Crippen LogP contribution in [0.25, 0.3) is 11.6 Å². The van der Waals surface area contributed by atoms with Crippen LogP contribution in [0, 0.1) is 5.82 Å². The lowest BCUT2D eigenvalue weighted by molar-refractivity contribution is -0.107. The predicted octanol–water partition coefficient (Wildman–Crippen LogP) is 4.08. The van der Waals surface area contributed by atoms with E-state index < -0.39 is 6.29 Å². The predicted molar refractivity (Wildman–Crippen MR) is 81.3 cm³/mol. The topological polar surface area (TPSA) is 18.5 Å². The van der Waals surface area contributed by atoms with Gasteiger partial charge in [-0.05, 0) is 34.4 Å². The maximum absolute atomic E-state index is 13.6. The van der Waals surface area contributed by atoms with Crippen molar-refractivity contribution in [2.75, 3.05) is 14.2 Å². The Kier molecular flexibility index (Phi) is 3.86. The molecule has 21 heavy (non-hydrogen) atoms. The van der Waals surface area contributed by atoms with Gasteiger partial charge in [0.25, 0.3) is 0 Å². The molecular weight excluding hydrogens is 267 g/mol. The minimum atomic E-state index is -0.445. The number of benzene rings is 2. The molecule has 0 aromatic heterocycles. The zero-order valence-corrected chi connectivity index (χ0v) is 12.0. The first-order valence-electron chi connectivity index (χ1n) is 6.86. The second-order valence-corrected chi connectivity index (χ2v) is 5.06. The van der Waals surface area contributed by atoms with Crippen molar-refractivity contribution in [3.05, 3.63) is 71.0 Å². The van der Waals surface area contributed by atoms with E-state index in [-0.39, 0.29) is 11.7 Å². The Bertz CT molecular complexity index is 660. The lowest BCUT2D eigenvalue weighted by atomic mass is 9.90. The van der Waals surface area contributed by atoms with Crippen LogP contribution in [0.3, 0.4) is 0 Å². The molecule has 1 aliphatic carbocycles. The molecule has 0 saturated heterocycles. The van der Waals surface area contributed by atoms with Crippen LogP contribution in [-0.2, 0) is 9.47 Å². The molecular formula is C18H17FO2. The number of hydrogen-bond donors (Lipinski definition) is 0. The molecule has 0 amide bonds. The number of hydrogen-bond acceptors (Lipinski definition) is 2. The second kappa shape index (κ2) is 5.80. The van der Waals surface area contributed by atoms with Crippen molar-refractivity contribution in [2.24, 2.45) is 0 Å². The van der Waals surface area contributed by atoms with E-state index in [0.29, 0.717) is 0 Å². The summed E-state index contributed by atoms with van der Waals surface area (Å²) in [5, 5.41) is 0. The highest BCUT2D eigenvalue weighted by atomic mass is 19.1. The summed E-state index contributed by atoms with van der Waals surface area (Å²) in [5.41, 5.74) is 4.10. The standard InChI is InChI=1S/C18H17FO2/c1-20-18(21-2)17-15(12-6-4-3-5-7-12)10-13-8-9-14(19)11-16(13)17/h3-11,17-18H,1-2H3. The molecule has 3 rings (SSSR count). The van der Waals surface area contributed by atoms with E-state index in [2.05, 4.69) is 6.08 Å². The van der Waals surface area contributed by atoms with E-state index in [1.807, 2.05) is 30.3 Å². The van der Waals surface area contributed by atoms with Gasteiger partial charge in [-0.1, -0.05) is 42.5 Å². The van der Waals surface area contributed by atoms with Gasteiger partial charge in [0, 0.05) is 14.2 Å². The summed E-state index contributed by atoms with van der Waals surface area (Å²) in [6.45, 7) is 0. The Labute approximate surface area is 123 Å². The molecule has 0 aliphatic heterocycles. The van der Waals surface area contributed by atoms with Crippen LogP contribution >= 0.6 is 0 Å². The quantitative estimate of drug-likeness (QED) is 0.788. The number of fused-ring (bicyclic) bond motifs is 1. The third kappa shape index (κ3) is 2.50. The molecule has 0 radical (unpaired) electrons. The van der Waals surface area contributed by atoms with Gasteiger partial charge in [0.05, 0.1) is 5.92 Å². The fourth-order valence-corrected chi connectivity index (χ4v) is 2.93. The van der Waals surface area contributed by atoms with E-state index in [1.54, 1.807) is 26.4 Å². The van der Waals surface area contributed by atoms with Crippen LogP contribution in [0.2, 0.25) is 0 Å². The molecule has 0 fully saturated rings. The Balaban J connectivity index is 2.11. The van der Waals surface area contributed by atoms with Crippen molar-refractivity contribution in [2.45, 2.75) is 12.2 Å². The zero-order valence-electron chi connectivity index (χ0n) is 12.0. The van der Waals surface area contributed by atoms with Gasteiger partial charge in [0.2, 0.25) is 0 Å². The smallest absolute Gasteiger partial charge is 0.167 e. The maximum Gasteiger partial charge on any atom is 0.167 e. The van der Waals surface area contributed by atoms with Crippen LogP contribution in [0.4, 0.5) is 4.39 Å². The minimum Gasteiger partial charge on any atom is -0.355 e. The Morgan fingerprint density at radius 3 is 2.38 bits per heavy atom. The lowest BCUT2D eigenvalue weighted by Crippen LogP contribution is -2.23. The van der Waals surface area contributed by atoms with Crippen molar-refractivity contribution in [1.29, 1.82) is 0 Å². The molecule has 3 heteroatoms. The molecule has 1 unspecified atom stereocenters. The fourth-order valence-electron chi connectivity index (χ4n) is 2.93. The molecule has 0 N–H and O–H groups in total. The number of ether oxygens (including phenoxy) is 2. The van der Waals surface area contributed by atoms with Gasteiger partial charge in [0.1, 0.15) is 5.82 Å². The van der Waals surface area contributed by atoms with Gasteiger partial charge in [-0.3, -0.25) is 0 Å². The SMILES string of the molecule is COC(OC)C1C(c2ccccc2)=Cc2ccc(F)cc21. The van der Waals surface area contributed by atoms with Gasteiger partial charge in [-0.15, -0.1) is 0 Å². The molecule has 0 heterocycles. The first-order chi connectivity index (χ1) is 10.2. The van der Waals surface area contributed by atoms with Crippen LogP contribution in [0.1, 0.15) is 22.6 Å². The normalized spacial score (nSPS) is 17.0. The average Bonchev–Trinajstić information content (AvgIpc) is 2.88. The molecule has 1 aliphatic rings. The van der Waals surface area contributed by atoms with Crippen molar-refractivity contribution < 1.29 is 13.9 Å². The molecule has 108 valence electrons. The first-order valence-corrected chi connectivity index (χ1v) is 6.86. The van der Waals surface area contributed by atoms with E-state index in [0.717, 1.165) is 22.3 Å². The third-order valence-corrected chi connectivity index (χ3v) is 3.87. The summed E-state index contributed by atoms with van der Waals surface area (Å²) in [6, 6.07) is 14.9. The number of rotatable bonds is 4. The van der Waals surface area contributed by atoms with Gasteiger partial charge in [0.15, 0.2) is 6.29 Å². The summed E-state index contributed by atoms with van der Waals surface area (Å²) < 4.78 is 24.5. The van der Waals surface area contributed by atoms with E-state index in [4.69, 9.17) is 9.47 Å². The molecule has 2 nitrogen and oxygen atoms in total. The maximum atomic E-state index is 13.6. The average molecular weight is 284 g/mol. The summed E-state index contributed by atoms with van der Waals surface area (Å²) in [6.07, 6.45) is 1.64. The number of methoxy groups -OCH3 is 2. The van der Waals surface area contributed by atoms with Crippen molar-refractivity contribution >= 4 is 11.6 Å². The molecule has 0 saturated carbocycles. The lowest BCUT2D eigenvalue weighted by Gasteiger charge is -2.25. The molecule has 1 atom stereocenters. The summed E-state index contributed by atoms with van der Waals surface area (Å²) in [5.74, 6) is -0.375. The van der Waals surface area contributed by atoms with E-state index in [9.17, 15) is 4.39 Å². The molecule has 0 spiro atoms. The van der Waals surface area contributed by atoms with E-state index >= 15 is 0 Å². The molecule has 2 aromatic carbocycles. The summed E-state index contributed by atoms with van der Waals surface area (Å²) >= 11 is 0. The van der Waals surface area contributed by atoms with Gasteiger partial charge >= 0.3 is 0 Å². The summed E-state index contributed by atoms with van der Waals surface area (Å²) in [7, 11) is 3.21. The Morgan fingerprint density at radius 2 is 1.71 bits per heavy atom. The largest absolute Gasteiger partial charge is 0.355 e. The highest BCUT2D eigenvalue weighted by Gasteiger charge is 2.33. The van der Waals surface area contributed by atoms with Crippen LogP contribution in [0.15, 0.2) is 48.5 Å². The monoisotopic (exact) mass is 284 g/mol. The first kappa shape index (κ1) is 14.0. The second-order valence-electron chi connectivity index (χ2n) is 5.06. The van der Waals surface area contributed by atoms with Gasteiger partial charge in [-0.2, -0.15) is 0 Å². The van der Waals surface area contributed by atoms with Crippen LogP contribution in [0.5, 0.6) is 0 Å². The van der Waals surface area contributed by atoms with E-state index in [1.165, 1.54) is 6.07 Å². The summed E-state index contributed by atoms with van der Waals surface area (Å²) in [4.78, 5) is 0. The molecule has 0 bridgehead atoms.